The lowest BCUT2D eigenvalue weighted by atomic mass is 10.2. The molecule has 0 bridgehead atoms. The molecule has 0 aromatic heterocycles. The monoisotopic (exact) mass is 380 g/mol. The number of nitrogens with zero attached hydrogens (tertiary/aromatic N) is 2. The van der Waals surface area contributed by atoms with E-state index in [1.54, 1.807) is 22.5 Å². The van der Waals surface area contributed by atoms with Crippen LogP contribution in [-0.4, -0.2) is 50.3 Å². The molecule has 1 saturated heterocycles. The summed E-state index contributed by atoms with van der Waals surface area (Å²) in [6.07, 6.45) is 0. The van der Waals surface area contributed by atoms with Crippen LogP contribution in [0.25, 0.3) is 0 Å². The smallest absolute Gasteiger partial charge is 0.244 e. The fourth-order valence-electron chi connectivity index (χ4n) is 2.26. The summed E-state index contributed by atoms with van der Waals surface area (Å²) < 4.78 is 27.4. The Kier molecular flexibility index (Phi) is 5.48. The van der Waals surface area contributed by atoms with Crippen LogP contribution in [0.4, 0.5) is 0 Å². The zero-order chi connectivity index (χ0) is 14.8. The number of alkyl halides is 1. The van der Waals surface area contributed by atoms with Crippen LogP contribution >= 0.6 is 27.5 Å². The Hall–Kier alpha value is -0.140. The van der Waals surface area contributed by atoms with Crippen molar-refractivity contribution in [3.63, 3.8) is 0 Å². The molecule has 2 rings (SSSR count). The maximum Gasteiger partial charge on any atom is 0.244 e. The van der Waals surface area contributed by atoms with Gasteiger partial charge in [0.2, 0.25) is 10.0 Å². The lowest BCUT2D eigenvalue weighted by Crippen LogP contribution is -2.48. The first-order valence-electron chi connectivity index (χ1n) is 6.56. The predicted molar refractivity (Wildman–Crippen MR) is 84.6 cm³/mol. The molecule has 1 heterocycles. The van der Waals surface area contributed by atoms with Crippen LogP contribution < -0.4 is 0 Å². The molecule has 0 saturated carbocycles. The summed E-state index contributed by atoms with van der Waals surface area (Å²) in [6.45, 7) is 5.70. The molecular weight excluding hydrogens is 364 g/mol. The zero-order valence-electron chi connectivity index (χ0n) is 11.3. The van der Waals surface area contributed by atoms with Crippen molar-refractivity contribution in [2.75, 3.05) is 32.7 Å². The minimum atomic E-state index is -3.43. The molecule has 1 aromatic carbocycles. The molecule has 1 fully saturated rings. The lowest BCUT2D eigenvalue weighted by Gasteiger charge is -2.33. The molecule has 112 valence electrons. The highest BCUT2D eigenvalue weighted by molar-refractivity contribution is 9.10. The second-order valence-corrected chi connectivity index (χ2v) is 7.76. The molecule has 4 nitrogen and oxygen atoms in total. The van der Waals surface area contributed by atoms with Gasteiger partial charge in [-0.15, -0.1) is 11.6 Å². The van der Waals surface area contributed by atoms with Crippen molar-refractivity contribution in [2.45, 2.75) is 17.7 Å². The summed E-state index contributed by atoms with van der Waals surface area (Å²) in [5.41, 5.74) is 0.897. The topological polar surface area (TPSA) is 40.6 Å². The fraction of sp³-hybridized carbons (Fsp3) is 0.538. The first kappa shape index (κ1) is 16.2. The van der Waals surface area contributed by atoms with Gasteiger partial charge in [0.05, 0.1) is 4.90 Å². The van der Waals surface area contributed by atoms with Crippen LogP contribution in [0.15, 0.2) is 27.6 Å². The van der Waals surface area contributed by atoms with E-state index < -0.39 is 10.0 Å². The predicted octanol–water partition coefficient (Wildman–Crippen LogP) is 2.51. The van der Waals surface area contributed by atoms with Gasteiger partial charge < -0.3 is 4.90 Å². The Morgan fingerprint density at radius 2 is 1.90 bits per heavy atom. The van der Waals surface area contributed by atoms with Crippen LogP contribution in [0.1, 0.15) is 12.5 Å². The van der Waals surface area contributed by atoms with E-state index in [1.165, 1.54) is 0 Å². The molecule has 0 radical (unpaired) electrons. The quantitative estimate of drug-likeness (QED) is 0.753. The summed E-state index contributed by atoms with van der Waals surface area (Å²) in [5.74, 6) is 0.369. The van der Waals surface area contributed by atoms with Gasteiger partial charge in [-0.2, -0.15) is 4.31 Å². The molecule has 0 amide bonds. The number of sulfonamides is 1. The van der Waals surface area contributed by atoms with Gasteiger partial charge in [-0.05, 0) is 40.2 Å². The third-order valence-corrected chi connectivity index (χ3v) is 6.73. The van der Waals surface area contributed by atoms with E-state index in [2.05, 4.69) is 27.8 Å². The number of hydrogen-bond acceptors (Lipinski definition) is 3. The number of rotatable bonds is 4. The number of hydrogen-bond donors (Lipinski definition) is 0. The fourth-order valence-corrected chi connectivity index (χ4v) is 4.94. The first-order chi connectivity index (χ1) is 9.48. The highest BCUT2D eigenvalue weighted by atomic mass is 79.9. The van der Waals surface area contributed by atoms with Crippen molar-refractivity contribution in [1.29, 1.82) is 0 Å². The Bertz CT molecular complexity index is 572. The third kappa shape index (κ3) is 3.36. The lowest BCUT2D eigenvalue weighted by molar-refractivity contribution is 0.196. The maximum atomic E-state index is 12.6. The number of piperazine rings is 1. The van der Waals surface area contributed by atoms with Crippen LogP contribution in [0, 0.1) is 0 Å². The first-order valence-corrected chi connectivity index (χ1v) is 9.32. The van der Waals surface area contributed by atoms with Crippen LogP contribution in [0.2, 0.25) is 0 Å². The Morgan fingerprint density at radius 3 is 2.40 bits per heavy atom. The molecule has 0 atom stereocenters. The van der Waals surface area contributed by atoms with E-state index >= 15 is 0 Å². The van der Waals surface area contributed by atoms with Gasteiger partial charge in [-0.3, -0.25) is 0 Å². The molecule has 1 aliphatic rings. The maximum absolute atomic E-state index is 12.6. The van der Waals surface area contributed by atoms with Crippen molar-refractivity contribution in [1.82, 2.24) is 9.21 Å². The Labute approximate surface area is 133 Å². The van der Waals surface area contributed by atoms with Gasteiger partial charge in [0.15, 0.2) is 0 Å². The summed E-state index contributed by atoms with van der Waals surface area (Å²) in [4.78, 5) is 2.56. The molecule has 1 aromatic rings. The van der Waals surface area contributed by atoms with Crippen molar-refractivity contribution in [2.24, 2.45) is 0 Å². The molecule has 0 aliphatic carbocycles. The van der Waals surface area contributed by atoms with Crippen molar-refractivity contribution in [3.05, 3.63) is 28.2 Å². The highest BCUT2D eigenvalue weighted by Gasteiger charge is 2.29. The molecule has 7 heteroatoms. The normalized spacial score (nSPS) is 18.4. The SMILES string of the molecule is CCN1CCN(S(=O)(=O)c2ccc(CCl)cc2Br)CC1. The van der Waals surface area contributed by atoms with E-state index in [4.69, 9.17) is 11.6 Å². The molecule has 0 unspecified atom stereocenters. The molecular formula is C13H18BrClN2O2S. The third-order valence-electron chi connectivity index (χ3n) is 3.55. The molecule has 20 heavy (non-hydrogen) atoms. The van der Waals surface area contributed by atoms with Gasteiger partial charge in [0, 0.05) is 36.5 Å². The van der Waals surface area contributed by atoms with Crippen molar-refractivity contribution >= 4 is 37.6 Å². The molecule has 1 aliphatic heterocycles. The van der Waals surface area contributed by atoms with Gasteiger partial charge in [-0.25, -0.2) is 8.42 Å². The zero-order valence-corrected chi connectivity index (χ0v) is 14.5. The minimum Gasteiger partial charge on any atom is -0.301 e. The highest BCUT2D eigenvalue weighted by Crippen LogP contribution is 2.27. The summed E-state index contributed by atoms with van der Waals surface area (Å²) in [6, 6.07) is 5.15. The Balaban J connectivity index is 2.23. The summed E-state index contributed by atoms with van der Waals surface area (Å²) >= 11 is 9.10. The molecule has 0 spiro atoms. The van der Waals surface area contributed by atoms with Gasteiger partial charge in [0.1, 0.15) is 0 Å². The average molecular weight is 382 g/mol. The second kappa shape index (κ2) is 6.75. The number of benzene rings is 1. The van der Waals surface area contributed by atoms with Crippen molar-refractivity contribution in [3.8, 4) is 0 Å². The van der Waals surface area contributed by atoms with Gasteiger partial charge in [-0.1, -0.05) is 13.0 Å². The average Bonchev–Trinajstić information content (AvgIpc) is 2.46. The number of likely N-dealkylation sites (N-methyl/N-ethyl adjacent to an activating group) is 1. The van der Waals surface area contributed by atoms with Crippen LogP contribution in [0.3, 0.4) is 0 Å². The van der Waals surface area contributed by atoms with E-state index in [0.29, 0.717) is 28.3 Å². The largest absolute Gasteiger partial charge is 0.301 e. The minimum absolute atomic E-state index is 0.316. The molecule has 0 N–H and O–H groups in total. The van der Waals surface area contributed by atoms with Gasteiger partial charge in [0.25, 0.3) is 0 Å². The van der Waals surface area contributed by atoms with E-state index in [9.17, 15) is 8.42 Å². The van der Waals surface area contributed by atoms with Gasteiger partial charge >= 0.3 is 0 Å². The van der Waals surface area contributed by atoms with Crippen molar-refractivity contribution < 1.29 is 8.42 Å². The van der Waals surface area contributed by atoms with E-state index in [0.717, 1.165) is 25.2 Å². The van der Waals surface area contributed by atoms with Crippen LogP contribution in [0.5, 0.6) is 0 Å². The summed E-state index contributed by atoms with van der Waals surface area (Å²) in [5, 5.41) is 0. The van der Waals surface area contributed by atoms with E-state index in [1.807, 2.05) is 0 Å². The summed E-state index contributed by atoms with van der Waals surface area (Å²) in [7, 11) is -3.43. The number of halogens is 2. The second-order valence-electron chi connectivity index (χ2n) is 4.74. The standard InChI is InChI=1S/C13H18BrClN2O2S/c1-2-16-5-7-17(8-6-16)20(18,19)13-4-3-11(10-15)9-12(13)14/h3-4,9H,2,5-8,10H2,1H3. The Morgan fingerprint density at radius 1 is 1.25 bits per heavy atom. The van der Waals surface area contributed by atoms with Crippen LogP contribution in [-0.2, 0) is 15.9 Å². The van der Waals surface area contributed by atoms with E-state index in [-0.39, 0.29) is 0 Å².